The maximum Gasteiger partial charge on any atom is 0.251 e. The van der Waals surface area contributed by atoms with E-state index >= 15 is 0 Å². The van der Waals surface area contributed by atoms with Crippen LogP contribution in [0.2, 0.25) is 0 Å². The molecule has 1 fully saturated rings. The molecule has 1 atom stereocenters. The topological polar surface area (TPSA) is 88.3 Å². The number of anilines is 1. The van der Waals surface area contributed by atoms with Crippen LogP contribution in [0.1, 0.15) is 48.7 Å². The number of nitrogens with one attached hydrogen (secondary N) is 1. The van der Waals surface area contributed by atoms with Crippen LogP contribution in [-0.4, -0.2) is 41.3 Å². The number of nitrogen functional groups attached to an aromatic ring is 1. The number of hydrogen-bond donors (Lipinski definition) is 2. The van der Waals surface area contributed by atoms with Gasteiger partial charge < -0.3 is 16.0 Å². The Morgan fingerprint density at radius 2 is 2.19 bits per heavy atom. The monoisotopic (exact) mass is 290 g/mol. The summed E-state index contributed by atoms with van der Waals surface area (Å²) in [5.41, 5.74) is 7.09. The zero-order chi connectivity index (χ0) is 15.6. The van der Waals surface area contributed by atoms with Gasteiger partial charge in [0.1, 0.15) is 5.82 Å². The summed E-state index contributed by atoms with van der Waals surface area (Å²) in [6.07, 6.45) is 1.14. The molecule has 21 heavy (non-hydrogen) atoms. The van der Waals surface area contributed by atoms with Crippen molar-refractivity contribution in [3.8, 4) is 0 Å². The SMILES string of the molecule is CC(C)c1cc(C(=O)NC2CCC(=O)N(C)C2)cc(N)n1. The molecular formula is C15H22N4O2. The summed E-state index contributed by atoms with van der Waals surface area (Å²) >= 11 is 0. The van der Waals surface area contributed by atoms with Crippen LogP contribution in [0.5, 0.6) is 0 Å². The molecule has 2 amide bonds. The molecule has 2 heterocycles. The van der Waals surface area contributed by atoms with Gasteiger partial charge in [0.15, 0.2) is 0 Å². The molecule has 1 saturated heterocycles. The fourth-order valence-corrected chi connectivity index (χ4v) is 2.40. The molecule has 1 aromatic heterocycles. The quantitative estimate of drug-likeness (QED) is 0.873. The van der Waals surface area contributed by atoms with E-state index in [2.05, 4.69) is 10.3 Å². The van der Waals surface area contributed by atoms with Gasteiger partial charge in [-0.05, 0) is 24.5 Å². The first-order valence-corrected chi connectivity index (χ1v) is 7.19. The van der Waals surface area contributed by atoms with E-state index in [-0.39, 0.29) is 23.8 Å². The molecule has 1 aliphatic rings. The molecule has 0 saturated carbocycles. The van der Waals surface area contributed by atoms with E-state index < -0.39 is 0 Å². The Bertz CT molecular complexity index is 557. The van der Waals surface area contributed by atoms with Gasteiger partial charge in [0, 0.05) is 37.3 Å². The van der Waals surface area contributed by atoms with E-state index in [1.54, 1.807) is 24.1 Å². The predicted molar refractivity (Wildman–Crippen MR) is 80.9 cm³/mol. The second-order valence-corrected chi connectivity index (χ2v) is 5.84. The predicted octanol–water partition coefficient (Wildman–Crippen LogP) is 1.14. The number of likely N-dealkylation sites (N-methyl/N-ethyl adjacent to an activating group) is 1. The first-order chi connectivity index (χ1) is 9.86. The van der Waals surface area contributed by atoms with Gasteiger partial charge in [-0.15, -0.1) is 0 Å². The van der Waals surface area contributed by atoms with Crippen LogP contribution in [0.15, 0.2) is 12.1 Å². The Morgan fingerprint density at radius 3 is 2.81 bits per heavy atom. The van der Waals surface area contributed by atoms with Gasteiger partial charge in [0.2, 0.25) is 5.91 Å². The highest BCUT2D eigenvalue weighted by atomic mass is 16.2. The third kappa shape index (κ3) is 3.71. The molecule has 2 rings (SSSR count). The summed E-state index contributed by atoms with van der Waals surface area (Å²) < 4.78 is 0. The van der Waals surface area contributed by atoms with E-state index in [0.717, 1.165) is 5.69 Å². The minimum atomic E-state index is -0.168. The number of carbonyl (C=O) groups excluding carboxylic acids is 2. The second kappa shape index (κ2) is 6.11. The molecule has 0 aromatic carbocycles. The lowest BCUT2D eigenvalue weighted by Gasteiger charge is -2.30. The van der Waals surface area contributed by atoms with Crippen LogP contribution in [0, 0.1) is 0 Å². The van der Waals surface area contributed by atoms with E-state index in [4.69, 9.17) is 5.73 Å². The largest absolute Gasteiger partial charge is 0.384 e. The lowest BCUT2D eigenvalue weighted by Crippen LogP contribution is -2.48. The summed E-state index contributed by atoms with van der Waals surface area (Å²) in [6, 6.07) is 3.34. The standard InChI is InChI=1S/C15H22N4O2/c1-9(2)12-6-10(7-13(16)18-12)15(21)17-11-4-5-14(20)19(3)8-11/h6-7,9,11H,4-5,8H2,1-3H3,(H2,16,18)(H,17,21). The molecule has 1 aromatic rings. The van der Waals surface area contributed by atoms with Crippen LogP contribution in [-0.2, 0) is 4.79 Å². The fourth-order valence-electron chi connectivity index (χ4n) is 2.40. The number of carbonyl (C=O) groups is 2. The molecule has 0 radical (unpaired) electrons. The molecule has 6 heteroatoms. The van der Waals surface area contributed by atoms with Crippen molar-refractivity contribution >= 4 is 17.6 Å². The van der Waals surface area contributed by atoms with E-state index in [9.17, 15) is 9.59 Å². The number of amides is 2. The summed E-state index contributed by atoms with van der Waals surface area (Å²) in [4.78, 5) is 29.7. The van der Waals surface area contributed by atoms with Gasteiger partial charge >= 0.3 is 0 Å². The average molecular weight is 290 g/mol. The molecule has 1 unspecified atom stereocenters. The third-order valence-corrected chi connectivity index (χ3v) is 3.68. The number of nitrogens with zero attached hydrogens (tertiary/aromatic N) is 2. The van der Waals surface area contributed by atoms with Crippen molar-refractivity contribution in [2.24, 2.45) is 0 Å². The van der Waals surface area contributed by atoms with Crippen molar-refractivity contribution in [2.75, 3.05) is 19.3 Å². The number of nitrogens with two attached hydrogens (primary N) is 1. The van der Waals surface area contributed by atoms with Crippen molar-refractivity contribution in [3.05, 3.63) is 23.4 Å². The fraction of sp³-hybridized carbons (Fsp3) is 0.533. The average Bonchev–Trinajstić information content (AvgIpc) is 2.42. The minimum Gasteiger partial charge on any atom is -0.384 e. The number of hydrogen-bond acceptors (Lipinski definition) is 4. The van der Waals surface area contributed by atoms with Gasteiger partial charge in [-0.25, -0.2) is 4.98 Å². The Morgan fingerprint density at radius 1 is 1.48 bits per heavy atom. The zero-order valence-corrected chi connectivity index (χ0v) is 12.7. The summed E-state index contributed by atoms with van der Waals surface area (Å²) in [7, 11) is 1.75. The molecule has 3 N–H and O–H groups in total. The van der Waals surface area contributed by atoms with Crippen LogP contribution in [0.4, 0.5) is 5.82 Å². The molecule has 0 bridgehead atoms. The lowest BCUT2D eigenvalue weighted by molar-refractivity contribution is -0.132. The highest BCUT2D eigenvalue weighted by Gasteiger charge is 2.24. The van der Waals surface area contributed by atoms with E-state index in [1.165, 1.54) is 0 Å². The maximum absolute atomic E-state index is 12.3. The number of pyridine rings is 1. The Balaban J connectivity index is 2.08. The number of likely N-dealkylation sites (tertiary alicyclic amines) is 1. The van der Waals surface area contributed by atoms with Crippen LogP contribution >= 0.6 is 0 Å². The van der Waals surface area contributed by atoms with Crippen LogP contribution in [0.25, 0.3) is 0 Å². The lowest BCUT2D eigenvalue weighted by atomic mass is 10.0. The van der Waals surface area contributed by atoms with Gasteiger partial charge in [0.25, 0.3) is 5.91 Å². The maximum atomic E-state index is 12.3. The van der Waals surface area contributed by atoms with Gasteiger partial charge in [-0.2, -0.15) is 0 Å². The number of aromatic nitrogens is 1. The number of piperidine rings is 1. The molecule has 0 aliphatic carbocycles. The Hall–Kier alpha value is -2.11. The number of rotatable bonds is 3. The molecule has 6 nitrogen and oxygen atoms in total. The van der Waals surface area contributed by atoms with Gasteiger partial charge in [-0.1, -0.05) is 13.8 Å². The van der Waals surface area contributed by atoms with Crippen molar-refractivity contribution in [1.29, 1.82) is 0 Å². The third-order valence-electron chi connectivity index (χ3n) is 3.68. The molecular weight excluding hydrogens is 268 g/mol. The van der Waals surface area contributed by atoms with E-state index in [0.29, 0.717) is 30.8 Å². The normalized spacial score (nSPS) is 19.0. The molecule has 0 spiro atoms. The van der Waals surface area contributed by atoms with Crippen molar-refractivity contribution < 1.29 is 9.59 Å². The summed E-state index contributed by atoms with van der Waals surface area (Å²) in [5.74, 6) is 0.510. The minimum absolute atomic E-state index is 0.0166. The van der Waals surface area contributed by atoms with Crippen molar-refractivity contribution in [1.82, 2.24) is 15.2 Å². The van der Waals surface area contributed by atoms with Crippen LogP contribution in [0.3, 0.4) is 0 Å². The summed E-state index contributed by atoms with van der Waals surface area (Å²) in [5, 5.41) is 2.96. The first kappa shape index (κ1) is 15.3. The Kier molecular flexibility index (Phi) is 4.45. The van der Waals surface area contributed by atoms with Gasteiger partial charge in [-0.3, -0.25) is 9.59 Å². The molecule has 1 aliphatic heterocycles. The highest BCUT2D eigenvalue weighted by Crippen LogP contribution is 2.17. The van der Waals surface area contributed by atoms with Crippen molar-refractivity contribution in [3.63, 3.8) is 0 Å². The Labute approximate surface area is 124 Å². The zero-order valence-electron chi connectivity index (χ0n) is 12.7. The molecule has 114 valence electrons. The second-order valence-electron chi connectivity index (χ2n) is 5.84. The summed E-state index contributed by atoms with van der Waals surface area (Å²) in [6.45, 7) is 4.55. The van der Waals surface area contributed by atoms with Gasteiger partial charge in [0.05, 0.1) is 0 Å². The van der Waals surface area contributed by atoms with Crippen molar-refractivity contribution in [2.45, 2.75) is 38.6 Å². The smallest absolute Gasteiger partial charge is 0.251 e. The first-order valence-electron chi connectivity index (χ1n) is 7.19. The highest BCUT2D eigenvalue weighted by molar-refractivity contribution is 5.95. The van der Waals surface area contributed by atoms with E-state index in [1.807, 2.05) is 13.8 Å². The van der Waals surface area contributed by atoms with Crippen LogP contribution < -0.4 is 11.1 Å².